The summed E-state index contributed by atoms with van der Waals surface area (Å²) in [6.45, 7) is 1.66. The summed E-state index contributed by atoms with van der Waals surface area (Å²) in [5, 5.41) is 15.6. The van der Waals surface area contributed by atoms with Crippen molar-refractivity contribution in [1.29, 1.82) is 0 Å². The monoisotopic (exact) mass is 369 g/mol. The number of amides is 1. The Bertz CT molecular complexity index is 900. The summed E-state index contributed by atoms with van der Waals surface area (Å²) in [4.78, 5) is 27.2. The molecule has 8 heteroatoms. The van der Waals surface area contributed by atoms with Crippen molar-refractivity contribution in [1.82, 2.24) is 10.1 Å². The third kappa shape index (κ3) is 5.04. The van der Waals surface area contributed by atoms with Gasteiger partial charge in [0, 0.05) is 18.5 Å². The third-order valence-electron chi connectivity index (χ3n) is 4.01. The number of aryl methyl sites for hydroxylation is 1. The minimum atomic E-state index is -0.829. The number of carboxylic acid groups (broad SMARTS) is 1. The van der Waals surface area contributed by atoms with Crippen LogP contribution >= 0.6 is 0 Å². The molecule has 8 nitrogen and oxygen atoms in total. The van der Waals surface area contributed by atoms with Gasteiger partial charge in [-0.3, -0.25) is 9.59 Å². The number of carbonyl (C=O) groups excluding carboxylic acids is 1. The Hall–Kier alpha value is -3.42. The van der Waals surface area contributed by atoms with Crippen LogP contribution in [0, 0.1) is 5.92 Å². The van der Waals surface area contributed by atoms with Gasteiger partial charge < -0.3 is 19.4 Å². The van der Waals surface area contributed by atoms with E-state index in [4.69, 9.17) is 14.0 Å². The Labute approximate surface area is 155 Å². The highest BCUT2D eigenvalue weighted by molar-refractivity contribution is 5.90. The quantitative estimate of drug-likeness (QED) is 0.626. The number of nitrogens with zero attached hydrogens (tertiary/aromatic N) is 2. The zero-order valence-electron chi connectivity index (χ0n) is 14.7. The van der Waals surface area contributed by atoms with Crippen LogP contribution < -0.4 is 5.32 Å². The number of hydrogen-bond donors (Lipinski definition) is 2. The van der Waals surface area contributed by atoms with Crippen molar-refractivity contribution in [3.8, 4) is 11.4 Å². The molecule has 0 spiro atoms. The van der Waals surface area contributed by atoms with Gasteiger partial charge in [-0.1, -0.05) is 24.2 Å². The van der Waals surface area contributed by atoms with E-state index in [0.717, 1.165) is 5.56 Å². The molecule has 0 radical (unpaired) electrons. The Morgan fingerprint density at radius 1 is 1.22 bits per heavy atom. The number of aromatic nitrogens is 2. The molecule has 1 amide bonds. The first-order valence-electron chi connectivity index (χ1n) is 8.48. The fourth-order valence-corrected chi connectivity index (χ4v) is 2.47. The van der Waals surface area contributed by atoms with Crippen molar-refractivity contribution in [2.75, 3.05) is 5.32 Å². The SMILES string of the molecule is CC(Cc1ccc(NC(=O)CCc2nc(-c3ccoc3)no2)cc1)C(=O)O. The van der Waals surface area contributed by atoms with Crippen molar-refractivity contribution in [3.63, 3.8) is 0 Å². The molecule has 1 aromatic carbocycles. The standard InChI is InChI=1S/C19H19N3O5/c1-12(19(24)25)10-13-2-4-15(5-3-13)20-16(23)6-7-17-21-18(22-27-17)14-8-9-26-11-14/h2-5,8-9,11-12H,6-7,10H2,1H3,(H,20,23)(H,24,25). The molecule has 0 saturated carbocycles. The molecular formula is C19H19N3O5. The molecule has 3 aromatic rings. The lowest BCUT2D eigenvalue weighted by molar-refractivity contribution is -0.141. The second-order valence-corrected chi connectivity index (χ2v) is 6.21. The Morgan fingerprint density at radius 3 is 2.67 bits per heavy atom. The number of anilines is 1. The second-order valence-electron chi connectivity index (χ2n) is 6.21. The van der Waals surface area contributed by atoms with Crippen molar-refractivity contribution < 1.29 is 23.6 Å². The van der Waals surface area contributed by atoms with Crippen LogP contribution in [-0.4, -0.2) is 27.1 Å². The highest BCUT2D eigenvalue weighted by Gasteiger charge is 2.13. The van der Waals surface area contributed by atoms with E-state index in [-0.39, 0.29) is 12.3 Å². The molecule has 0 fully saturated rings. The third-order valence-corrected chi connectivity index (χ3v) is 4.01. The van der Waals surface area contributed by atoms with E-state index in [0.29, 0.717) is 35.8 Å². The topological polar surface area (TPSA) is 118 Å². The van der Waals surface area contributed by atoms with Crippen molar-refractivity contribution in [3.05, 3.63) is 54.3 Å². The number of carbonyl (C=O) groups is 2. The van der Waals surface area contributed by atoms with Gasteiger partial charge in [0.1, 0.15) is 6.26 Å². The molecule has 0 aliphatic heterocycles. The van der Waals surface area contributed by atoms with E-state index in [1.165, 1.54) is 12.5 Å². The van der Waals surface area contributed by atoms with Gasteiger partial charge in [0.2, 0.25) is 17.6 Å². The number of hydrogen-bond acceptors (Lipinski definition) is 6. The maximum Gasteiger partial charge on any atom is 0.306 e. The molecule has 27 heavy (non-hydrogen) atoms. The highest BCUT2D eigenvalue weighted by Crippen LogP contribution is 2.17. The van der Waals surface area contributed by atoms with Crippen LogP contribution in [0.25, 0.3) is 11.4 Å². The van der Waals surface area contributed by atoms with E-state index in [9.17, 15) is 9.59 Å². The van der Waals surface area contributed by atoms with Crippen LogP contribution in [-0.2, 0) is 22.4 Å². The van der Waals surface area contributed by atoms with E-state index < -0.39 is 11.9 Å². The molecule has 0 aliphatic rings. The van der Waals surface area contributed by atoms with E-state index in [1.807, 2.05) is 12.1 Å². The van der Waals surface area contributed by atoms with Crippen LogP contribution in [0.3, 0.4) is 0 Å². The largest absolute Gasteiger partial charge is 0.481 e. The average molecular weight is 369 g/mol. The van der Waals surface area contributed by atoms with Crippen LogP contribution in [0.15, 0.2) is 51.8 Å². The summed E-state index contributed by atoms with van der Waals surface area (Å²) < 4.78 is 10.1. The summed E-state index contributed by atoms with van der Waals surface area (Å²) >= 11 is 0. The van der Waals surface area contributed by atoms with Gasteiger partial charge in [-0.25, -0.2) is 0 Å². The summed E-state index contributed by atoms with van der Waals surface area (Å²) in [6.07, 6.45) is 4.00. The first kappa shape index (κ1) is 18.4. The maximum absolute atomic E-state index is 12.1. The number of furan rings is 1. The molecule has 2 N–H and O–H groups in total. The van der Waals surface area contributed by atoms with Crippen LogP contribution in [0.4, 0.5) is 5.69 Å². The number of rotatable bonds is 8. The molecule has 0 saturated heterocycles. The Kier molecular flexibility index (Phi) is 5.65. The molecular weight excluding hydrogens is 350 g/mol. The molecule has 2 heterocycles. The maximum atomic E-state index is 12.1. The number of carboxylic acids is 1. The minimum absolute atomic E-state index is 0.176. The summed E-state index contributed by atoms with van der Waals surface area (Å²) in [5.41, 5.74) is 2.27. The van der Waals surface area contributed by atoms with Crippen LogP contribution in [0.1, 0.15) is 24.8 Å². The number of nitrogens with one attached hydrogen (secondary N) is 1. The molecule has 1 unspecified atom stereocenters. The number of aliphatic carboxylic acids is 1. The summed E-state index contributed by atoms with van der Waals surface area (Å²) in [5.74, 6) is -0.662. The number of benzene rings is 1. The molecule has 140 valence electrons. The second kappa shape index (κ2) is 8.31. The molecule has 0 bridgehead atoms. The van der Waals surface area contributed by atoms with Gasteiger partial charge in [0.25, 0.3) is 0 Å². The predicted octanol–water partition coefficient (Wildman–Crippen LogP) is 3.16. The zero-order chi connectivity index (χ0) is 19.2. The van der Waals surface area contributed by atoms with Crippen molar-refractivity contribution in [2.45, 2.75) is 26.2 Å². The minimum Gasteiger partial charge on any atom is -0.481 e. The summed E-state index contributed by atoms with van der Waals surface area (Å²) in [6, 6.07) is 8.85. The normalized spacial score (nSPS) is 11.9. The first-order valence-corrected chi connectivity index (χ1v) is 8.48. The fraction of sp³-hybridized carbons (Fsp3) is 0.263. The predicted molar refractivity (Wildman–Crippen MR) is 95.9 cm³/mol. The Morgan fingerprint density at radius 2 is 2.00 bits per heavy atom. The smallest absolute Gasteiger partial charge is 0.306 e. The van der Waals surface area contributed by atoms with Gasteiger partial charge in [-0.2, -0.15) is 4.98 Å². The lowest BCUT2D eigenvalue weighted by atomic mass is 10.0. The molecule has 2 aromatic heterocycles. The van der Waals surface area contributed by atoms with Gasteiger partial charge in [-0.05, 0) is 30.2 Å². The molecule has 0 aliphatic carbocycles. The fourth-order valence-electron chi connectivity index (χ4n) is 2.47. The van der Waals surface area contributed by atoms with Gasteiger partial charge in [0.15, 0.2) is 0 Å². The van der Waals surface area contributed by atoms with E-state index in [2.05, 4.69) is 15.5 Å². The highest BCUT2D eigenvalue weighted by atomic mass is 16.5. The lowest BCUT2D eigenvalue weighted by Gasteiger charge is -2.08. The van der Waals surface area contributed by atoms with Gasteiger partial charge >= 0.3 is 5.97 Å². The van der Waals surface area contributed by atoms with Crippen LogP contribution in [0.2, 0.25) is 0 Å². The van der Waals surface area contributed by atoms with Crippen molar-refractivity contribution in [2.24, 2.45) is 5.92 Å². The summed E-state index contributed by atoms with van der Waals surface area (Å²) in [7, 11) is 0. The molecule has 1 atom stereocenters. The van der Waals surface area contributed by atoms with E-state index >= 15 is 0 Å². The molecule has 3 rings (SSSR count). The van der Waals surface area contributed by atoms with Crippen molar-refractivity contribution >= 4 is 17.6 Å². The van der Waals surface area contributed by atoms with E-state index in [1.54, 1.807) is 25.1 Å². The zero-order valence-corrected chi connectivity index (χ0v) is 14.7. The Balaban J connectivity index is 1.48. The average Bonchev–Trinajstić information content (AvgIpc) is 3.33. The van der Waals surface area contributed by atoms with Gasteiger partial charge in [-0.15, -0.1) is 0 Å². The van der Waals surface area contributed by atoms with Crippen LogP contribution in [0.5, 0.6) is 0 Å². The van der Waals surface area contributed by atoms with Gasteiger partial charge in [0.05, 0.1) is 17.7 Å². The lowest BCUT2D eigenvalue weighted by Crippen LogP contribution is -2.13. The first-order chi connectivity index (χ1) is 13.0.